The minimum Gasteiger partial charge on any atom is -0.488 e. The number of carboxylic acids is 1. The Hall–Kier alpha value is -2.43. The molecular formula is C15H12F2O3. The molecule has 5 heteroatoms. The Morgan fingerprint density at radius 1 is 1.20 bits per heavy atom. The molecule has 2 aromatic rings. The van der Waals surface area contributed by atoms with Crippen LogP contribution in [0.4, 0.5) is 8.78 Å². The monoisotopic (exact) mass is 278 g/mol. The van der Waals surface area contributed by atoms with E-state index in [0.717, 1.165) is 17.7 Å². The van der Waals surface area contributed by atoms with Crippen LogP contribution in [0, 0.1) is 18.6 Å². The number of halogens is 2. The molecule has 3 nitrogen and oxygen atoms in total. The van der Waals surface area contributed by atoms with Gasteiger partial charge in [0.1, 0.15) is 29.6 Å². The molecule has 0 spiro atoms. The van der Waals surface area contributed by atoms with E-state index in [9.17, 15) is 13.6 Å². The highest BCUT2D eigenvalue weighted by Crippen LogP contribution is 2.22. The number of benzene rings is 2. The van der Waals surface area contributed by atoms with Gasteiger partial charge >= 0.3 is 5.97 Å². The summed E-state index contributed by atoms with van der Waals surface area (Å²) >= 11 is 0. The number of hydrogen-bond acceptors (Lipinski definition) is 2. The van der Waals surface area contributed by atoms with Crippen molar-refractivity contribution in [2.24, 2.45) is 0 Å². The van der Waals surface area contributed by atoms with Crippen molar-refractivity contribution in [1.29, 1.82) is 0 Å². The quantitative estimate of drug-likeness (QED) is 0.930. The summed E-state index contributed by atoms with van der Waals surface area (Å²) in [7, 11) is 0. The number of aryl methyl sites for hydroxylation is 1. The van der Waals surface area contributed by atoms with Crippen LogP contribution in [-0.2, 0) is 6.61 Å². The van der Waals surface area contributed by atoms with Crippen LogP contribution in [0.15, 0.2) is 36.4 Å². The highest BCUT2D eigenvalue weighted by Gasteiger charge is 2.12. The molecule has 2 rings (SSSR count). The predicted molar refractivity (Wildman–Crippen MR) is 68.8 cm³/mol. The Bertz CT molecular complexity index is 654. The predicted octanol–water partition coefficient (Wildman–Crippen LogP) is 3.55. The summed E-state index contributed by atoms with van der Waals surface area (Å²) < 4.78 is 31.6. The molecule has 0 unspecified atom stereocenters. The molecule has 0 aromatic heterocycles. The van der Waals surface area contributed by atoms with Crippen molar-refractivity contribution in [1.82, 2.24) is 0 Å². The first kappa shape index (κ1) is 14.0. The van der Waals surface area contributed by atoms with Crippen molar-refractivity contribution >= 4 is 5.97 Å². The molecule has 0 saturated carbocycles. The van der Waals surface area contributed by atoms with Gasteiger partial charge in [-0.3, -0.25) is 0 Å². The lowest BCUT2D eigenvalue weighted by molar-refractivity contribution is 0.0691. The second kappa shape index (κ2) is 5.69. The van der Waals surface area contributed by atoms with E-state index < -0.39 is 17.6 Å². The van der Waals surface area contributed by atoms with Crippen molar-refractivity contribution < 1.29 is 23.4 Å². The van der Waals surface area contributed by atoms with Gasteiger partial charge in [-0.2, -0.15) is 0 Å². The SMILES string of the molecule is Cc1ccc(C(=O)O)c(OCc2ccc(F)cc2F)c1. The average molecular weight is 278 g/mol. The second-order valence-corrected chi connectivity index (χ2v) is 4.33. The maximum absolute atomic E-state index is 13.5. The number of rotatable bonds is 4. The summed E-state index contributed by atoms with van der Waals surface area (Å²) in [5.74, 6) is -2.37. The number of ether oxygens (including phenoxy) is 1. The molecule has 0 fully saturated rings. The molecule has 0 aliphatic heterocycles. The maximum atomic E-state index is 13.5. The van der Waals surface area contributed by atoms with Crippen molar-refractivity contribution in [3.05, 3.63) is 64.7 Å². The molecule has 0 heterocycles. The summed E-state index contributed by atoms with van der Waals surface area (Å²) in [6, 6.07) is 7.78. The largest absolute Gasteiger partial charge is 0.488 e. The van der Waals surface area contributed by atoms with E-state index in [1.807, 2.05) is 0 Å². The lowest BCUT2D eigenvalue weighted by Crippen LogP contribution is -2.05. The third-order valence-corrected chi connectivity index (χ3v) is 2.77. The van der Waals surface area contributed by atoms with Gasteiger partial charge in [-0.05, 0) is 36.8 Å². The third kappa shape index (κ3) is 3.12. The number of carbonyl (C=O) groups is 1. The maximum Gasteiger partial charge on any atom is 0.339 e. The molecule has 0 aliphatic carbocycles. The summed E-state index contributed by atoms with van der Waals surface area (Å²) in [4.78, 5) is 11.1. The third-order valence-electron chi connectivity index (χ3n) is 2.77. The fourth-order valence-corrected chi connectivity index (χ4v) is 1.72. The minimum absolute atomic E-state index is 0.00174. The van der Waals surface area contributed by atoms with E-state index in [0.29, 0.717) is 0 Å². The van der Waals surface area contributed by atoms with Gasteiger partial charge in [-0.1, -0.05) is 6.07 Å². The van der Waals surface area contributed by atoms with E-state index in [1.54, 1.807) is 19.1 Å². The summed E-state index contributed by atoms with van der Waals surface area (Å²) in [5.41, 5.74) is 0.979. The Balaban J connectivity index is 2.22. The Labute approximate surface area is 114 Å². The van der Waals surface area contributed by atoms with Crippen LogP contribution in [-0.4, -0.2) is 11.1 Å². The molecule has 0 saturated heterocycles. The lowest BCUT2D eigenvalue weighted by Gasteiger charge is -2.10. The van der Waals surface area contributed by atoms with E-state index in [-0.39, 0.29) is 23.5 Å². The molecule has 20 heavy (non-hydrogen) atoms. The van der Waals surface area contributed by atoms with Crippen LogP contribution in [0.3, 0.4) is 0 Å². The van der Waals surface area contributed by atoms with Gasteiger partial charge in [-0.25, -0.2) is 13.6 Å². The average Bonchev–Trinajstić information content (AvgIpc) is 2.37. The van der Waals surface area contributed by atoms with Gasteiger partial charge in [0.05, 0.1) is 0 Å². The van der Waals surface area contributed by atoms with Crippen LogP contribution >= 0.6 is 0 Å². The smallest absolute Gasteiger partial charge is 0.339 e. The molecule has 0 amide bonds. The normalized spacial score (nSPS) is 10.3. The number of aromatic carboxylic acids is 1. The van der Waals surface area contributed by atoms with E-state index in [2.05, 4.69) is 0 Å². The molecule has 0 atom stereocenters. The van der Waals surface area contributed by atoms with Gasteiger partial charge in [0.25, 0.3) is 0 Å². The van der Waals surface area contributed by atoms with Crippen LogP contribution < -0.4 is 4.74 Å². The van der Waals surface area contributed by atoms with Gasteiger partial charge in [-0.15, -0.1) is 0 Å². The molecule has 0 radical (unpaired) electrons. The van der Waals surface area contributed by atoms with Gasteiger partial charge < -0.3 is 9.84 Å². The standard InChI is InChI=1S/C15H12F2O3/c1-9-2-5-12(15(18)19)14(6-9)20-8-10-3-4-11(16)7-13(10)17/h2-7H,8H2,1H3,(H,18,19). The van der Waals surface area contributed by atoms with Gasteiger partial charge in [0, 0.05) is 11.6 Å². The van der Waals surface area contributed by atoms with Crippen molar-refractivity contribution in [3.63, 3.8) is 0 Å². The fourth-order valence-electron chi connectivity index (χ4n) is 1.72. The Morgan fingerprint density at radius 3 is 2.60 bits per heavy atom. The zero-order valence-corrected chi connectivity index (χ0v) is 10.7. The zero-order valence-electron chi connectivity index (χ0n) is 10.7. The van der Waals surface area contributed by atoms with E-state index >= 15 is 0 Å². The van der Waals surface area contributed by atoms with Crippen LogP contribution in [0.5, 0.6) is 5.75 Å². The second-order valence-electron chi connectivity index (χ2n) is 4.33. The molecule has 1 N–H and O–H groups in total. The Kier molecular flexibility index (Phi) is 3.98. The number of carboxylic acid groups (broad SMARTS) is 1. The fraction of sp³-hybridized carbons (Fsp3) is 0.133. The summed E-state index contributed by atoms with van der Waals surface area (Å²) in [5, 5.41) is 9.04. The topological polar surface area (TPSA) is 46.5 Å². The first-order chi connectivity index (χ1) is 9.47. The van der Waals surface area contributed by atoms with Crippen molar-refractivity contribution in [2.45, 2.75) is 13.5 Å². The van der Waals surface area contributed by atoms with Gasteiger partial charge in [0.15, 0.2) is 0 Å². The van der Waals surface area contributed by atoms with E-state index in [4.69, 9.17) is 9.84 Å². The van der Waals surface area contributed by atoms with Crippen LogP contribution in [0.1, 0.15) is 21.5 Å². The first-order valence-electron chi connectivity index (χ1n) is 5.88. The van der Waals surface area contributed by atoms with Crippen molar-refractivity contribution in [3.8, 4) is 5.75 Å². The molecule has 2 aromatic carbocycles. The zero-order chi connectivity index (χ0) is 14.7. The molecular weight excluding hydrogens is 266 g/mol. The first-order valence-corrected chi connectivity index (χ1v) is 5.88. The Morgan fingerprint density at radius 2 is 1.95 bits per heavy atom. The molecule has 0 bridgehead atoms. The highest BCUT2D eigenvalue weighted by molar-refractivity contribution is 5.90. The van der Waals surface area contributed by atoms with Crippen molar-refractivity contribution in [2.75, 3.05) is 0 Å². The number of hydrogen-bond donors (Lipinski definition) is 1. The highest BCUT2D eigenvalue weighted by atomic mass is 19.1. The van der Waals surface area contributed by atoms with Crippen LogP contribution in [0.25, 0.3) is 0 Å². The van der Waals surface area contributed by atoms with Crippen LogP contribution in [0.2, 0.25) is 0 Å². The molecule has 104 valence electrons. The van der Waals surface area contributed by atoms with E-state index in [1.165, 1.54) is 12.1 Å². The summed E-state index contributed by atoms with van der Waals surface area (Å²) in [6.07, 6.45) is 0. The minimum atomic E-state index is -1.13. The molecule has 0 aliphatic rings. The van der Waals surface area contributed by atoms with Gasteiger partial charge in [0.2, 0.25) is 0 Å². The summed E-state index contributed by atoms with van der Waals surface area (Å²) in [6.45, 7) is 1.62. The lowest BCUT2D eigenvalue weighted by atomic mass is 10.1.